The molecule has 1 aromatic heterocycles. The van der Waals surface area contributed by atoms with Crippen molar-refractivity contribution in [2.45, 2.75) is 24.7 Å². The van der Waals surface area contributed by atoms with Gasteiger partial charge in [-0.2, -0.15) is 13.2 Å². The van der Waals surface area contributed by atoms with Crippen molar-refractivity contribution in [1.82, 2.24) is 15.3 Å². The molecule has 7 N–H and O–H groups in total. The summed E-state index contributed by atoms with van der Waals surface area (Å²) in [5, 5.41) is 3.13. The number of hydrogen-bond acceptors (Lipinski definition) is 6. The van der Waals surface area contributed by atoms with Crippen LogP contribution in [0.2, 0.25) is 0 Å². The summed E-state index contributed by atoms with van der Waals surface area (Å²) in [4.78, 5) is 21.2. The van der Waals surface area contributed by atoms with Crippen molar-refractivity contribution in [2.24, 2.45) is 22.8 Å². The maximum absolute atomic E-state index is 15.8. The summed E-state index contributed by atoms with van der Waals surface area (Å²) in [7, 11) is 0. The molecule has 4 rings (SSSR count). The minimum Gasteiger partial charge on any atom is -0.397 e. The maximum atomic E-state index is 15.8. The number of alkyl halides is 4. The number of carbonyl (C=O) groups excluding carboxylic acids is 1. The van der Waals surface area contributed by atoms with Crippen LogP contribution in [-0.4, -0.2) is 35.1 Å². The van der Waals surface area contributed by atoms with Gasteiger partial charge >= 0.3 is 6.18 Å². The molecule has 1 fully saturated rings. The smallest absolute Gasteiger partial charge is 0.397 e. The molecule has 7 nitrogen and oxygen atoms in total. The van der Waals surface area contributed by atoms with Crippen LogP contribution in [0.5, 0.6) is 0 Å². The second-order valence-corrected chi connectivity index (χ2v) is 8.62. The molecule has 1 amide bonds. The van der Waals surface area contributed by atoms with E-state index in [1.165, 1.54) is 12.1 Å². The fraction of sp³-hybridized carbons (Fsp3) is 0.348. The van der Waals surface area contributed by atoms with E-state index in [1.54, 1.807) is 0 Å². The lowest BCUT2D eigenvalue weighted by Gasteiger charge is -2.43. The Balaban J connectivity index is 1.95. The Morgan fingerprint density at radius 3 is 2.43 bits per heavy atom. The lowest BCUT2D eigenvalue weighted by Crippen LogP contribution is -2.53. The van der Waals surface area contributed by atoms with E-state index >= 15 is 4.39 Å². The van der Waals surface area contributed by atoms with Crippen molar-refractivity contribution in [3.8, 4) is 11.1 Å². The van der Waals surface area contributed by atoms with E-state index in [0.29, 0.717) is 19.5 Å². The van der Waals surface area contributed by atoms with Gasteiger partial charge in [-0.25, -0.2) is 18.7 Å². The Hall–Kier alpha value is -3.54. The van der Waals surface area contributed by atoms with Gasteiger partial charge < -0.3 is 22.5 Å². The number of anilines is 1. The van der Waals surface area contributed by atoms with Gasteiger partial charge in [0.25, 0.3) is 0 Å². The maximum Gasteiger partial charge on any atom is 0.416 e. The molecule has 4 unspecified atom stereocenters. The van der Waals surface area contributed by atoms with Gasteiger partial charge in [0, 0.05) is 11.5 Å². The van der Waals surface area contributed by atoms with Gasteiger partial charge in [-0.3, -0.25) is 4.79 Å². The van der Waals surface area contributed by atoms with Gasteiger partial charge in [-0.15, -0.1) is 0 Å². The number of allylic oxidation sites excluding steroid dienone is 3. The third-order valence-electron chi connectivity index (χ3n) is 6.69. The number of nitrogens with one attached hydrogen (secondary N) is 1. The molecule has 186 valence electrons. The highest BCUT2D eigenvalue weighted by atomic mass is 19.4. The fourth-order valence-corrected chi connectivity index (χ4v) is 4.96. The van der Waals surface area contributed by atoms with Crippen molar-refractivity contribution >= 4 is 11.7 Å². The van der Waals surface area contributed by atoms with Gasteiger partial charge in [0.2, 0.25) is 5.91 Å². The Bertz CT molecular complexity index is 1190. The molecular weight excluding hydrogens is 471 g/mol. The Morgan fingerprint density at radius 1 is 1.17 bits per heavy atom. The zero-order chi connectivity index (χ0) is 25.5. The summed E-state index contributed by atoms with van der Waals surface area (Å²) >= 11 is 0. The highest BCUT2D eigenvalue weighted by molar-refractivity contribution is 5.87. The number of hydrogen-bond donors (Lipinski definition) is 4. The first kappa shape index (κ1) is 24.6. The van der Waals surface area contributed by atoms with Crippen LogP contribution in [0.4, 0.5) is 27.8 Å². The predicted octanol–water partition coefficient (Wildman–Crippen LogP) is 2.96. The van der Waals surface area contributed by atoms with Crippen LogP contribution in [0, 0.1) is 11.3 Å². The number of carbonyl (C=O) groups is 1. The normalized spacial score (nSPS) is 25.6. The highest BCUT2D eigenvalue weighted by Gasteiger charge is 2.57. The number of benzene rings is 1. The van der Waals surface area contributed by atoms with Gasteiger partial charge in [0.1, 0.15) is 23.4 Å². The number of nitrogens with two attached hydrogens (primary N) is 3. The summed E-state index contributed by atoms with van der Waals surface area (Å²) in [6.07, 6.45) is -3.31. The highest BCUT2D eigenvalue weighted by Crippen LogP contribution is 2.53. The Labute approximate surface area is 197 Å². The second kappa shape index (κ2) is 8.91. The third kappa shape index (κ3) is 4.11. The topological polar surface area (TPSA) is 133 Å². The zero-order valence-corrected chi connectivity index (χ0v) is 18.3. The molecular formula is C23H23F5N6O. The molecule has 2 heterocycles. The molecule has 4 atom stereocenters. The first-order chi connectivity index (χ1) is 16.5. The molecule has 1 aliphatic heterocycles. The average Bonchev–Trinajstić information content (AvgIpc) is 3.33. The van der Waals surface area contributed by atoms with E-state index in [-0.39, 0.29) is 22.6 Å². The van der Waals surface area contributed by atoms with Gasteiger partial charge in [-0.05, 0) is 49.2 Å². The molecule has 1 aromatic carbocycles. The number of rotatable bonds is 5. The van der Waals surface area contributed by atoms with Crippen LogP contribution >= 0.6 is 0 Å². The molecule has 0 bridgehead atoms. The number of nitrogens with zero attached hydrogens (tertiary/aromatic N) is 2. The minimum atomic E-state index is -4.56. The number of aromatic nitrogens is 2. The Kier molecular flexibility index (Phi) is 6.26. The molecule has 1 aliphatic carbocycles. The average molecular weight is 494 g/mol. The van der Waals surface area contributed by atoms with Crippen LogP contribution in [0.15, 0.2) is 54.3 Å². The van der Waals surface area contributed by atoms with E-state index in [0.717, 1.165) is 30.6 Å². The van der Waals surface area contributed by atoms with Crippen LogP contribution in [0.1, 0.15) is 23.6 Å². The van der Waals surface area contributed by atoms with Crippen LogP contribution < -0.4 is 22.5 Å². The summed E-state index contributed by atoms with van der Waals surface area (Å²) in [5.41, 5.74) is 14.2. The predicted molar refractivity (Wildman–Crippen MR) is 119 cm³/mol. The molecule has 2 aliphatic rings. The van der Waals surface area contributed by atoms with Gasteiger partial charge in [-0.1, -0.05) is 18.2 Å². The van der Waals surface area contributed by atoms with E-state index in [1.807, 2.05) is 0 Å². The van der Waals surface area contributed by atoms with Gasteiger partial charge in [0.15, 0.2) is 6.17 Å². The lowest BCUT2D eigenvalue weighted by molar-refractivity contribution is -0.137. The van der Waals surface area contributed by atoms with Crippen LogP contribution in [0.3, 0.4) is 0 Å². The Morgan fingerprint density at radius 2 is 1.86 bits per heavy atom. The van der Waals surface area contributed by atoms with Crippen LogP contribution in [0.25, 0.3) is 11.1 Å². The largest absolute Gasteiger partial charge is 0.416 e. The van der Waals surface area contributed by atoms with Crippen molar-refractivity contribution in [2.75, 3.05) is 18.8 Å². The minimum absolute atomic E-state index is 0.0878. The first-order valence-electron chi connectivity index (χ1n) is 10.8. The van der Waals surface area contributed by atoms with Crippen molar-refractivity contribution in [3.63, 3.8) is 0 Å². The number of nitrogen functional groups attached to an aromatic ring is 1. The molecule has 12 heteroatoms. The number of primary amides is 1. The standard InChI is InChI=1S/C23H23F5N6O/c24-14-5-7-22(21(31)35,19(25)17(14)29)16(12-6-8-32-9-12)18-15(20(30)34-10-33-18)11-1-3-13(4-2-11)23(26,27)28/h1-5,7,10,12,16,19,32H,6,8-9,29H2,(H2,31,35)(H2,30,33,34). The van der Waals surface area contributed by atoms with Gasteiger partial charge in [0.05, 0.1) is 17.0 Å². The lowest BCUT2D eigenvalue weighted by atomic mass is 9.61. The summed E-state index contributed by atoms with van der Waals surface area (Å²) in [6, 6.07) is 4.13. The summed E-state index contributed by atoms with van der Waals surface area (Å²) in [5.74, 6) is -3.71. The van der Waals surface area contributed by atoms with E-state index in [2.05, 4.69) is 15.3 Å². The quantitative estimate of drug-likeness (QED) is 0.473. The monoisotopic (exact) mass is 494 g/mol. The zero-order valence-electron chi connectivity index (χ0n) is 18.3. The first-order valence-corrected chi connectivity index (χ1v) is 10.8. The molecule has 0 spiro atoms. The molecule has 0 saturated carbocycles. The molecule has 2 aromatic rings. The van der Waals surface area contributed by atoms with E-state index < -0.39 is 52.6 Å². The van der Waals surface area contributed by atoms with E-state index in [4.69, 9.17) is 17.2 Å². The van der Waals surface area contributed by atoms with Crippen molar-refractivity contribution in [1.29, 1.82) is 0 Å². The SMILES string of the molecule is NC(=O)C1(C(c2ncnc(N)c2-c2ccc(C(F)(F)F)cc2)C2CCNC2)C=CC(F)=C(N)C1F. The fourth-order valence-electron chi connectivity index (χ4n) is 4.96. The number of halogens is 5. The number of amides is 1. The molecule has 0 radical (unpaired) electrons. The van der Waals surface area contributed by atoms with Crippen molar-refractivity contribution < 1.29 is 26.7 Å². The summed E-state index contributed by atoms with van der Waals surface area (Å²) < 4.78 is 69.3. The third-order valence-corrected chi connectivity index (χ3v) is 6.69. The van der Waals surface area contributed by atoms with E-state index in [9.17, 15) is 22.4 Å². The second-order valence-electron chi connectivity index (χ2n) is 8.62. The summed E-state index contributed by atoms with van der Waals surface area (Å²) in [6.45, 7) is 0.898. The molecule has 1 saturated heterocycles. The van der Waals surface area contributed by atoms with Crippen LogP contribution in [-0.2, 0) is 11.0 Å². The van der Waals surface area contributed by atoms with Crippen molar-refractivity contribution in [3.05, 3.63) is 65.5 Å². The molecule has 35 heavy (non-hydrogen) atoms.